The number of hydrogen-bond acceptors (Lipinski definition) is 2. The lowest BCUT2D eigenvalue weighted by molar-refractivity contribution is 0.593. The van der Waals surface area contributed by atoms with Gasteiger partial charge in [0.15, 0.2) is 0 Å². The van der Waals surface area contributed by atoms with E-state index in [1.165, 1.54) is 4.57 Å². The molecule has 1 N–H and O–H groups in total. The Morgan fingerprint density at radius 1 is 1.35 bits per heavy atom. The van der Waals surface area contributed by atoms with Gasteiger partial charge < -0.3 is 0 Å². The van der Waals surface area contributed by atoms with Crippen molar-refractivity contribution in [3.05, 3.63) is 72.9 Å². The Labute approximate surface area is 125 Å². The van der Waals surface area contributed by atoms with E-state index in [4.69, 9.17) is 0 Å². The molecule has 6 heteroatoms. The molecule has 0 aliphatic heterocycles. The first kappa shape index (κ1) is 14.6. The van der Waals surface area contributed by atoms with E-state index < -0.39 is 5.69 Å². The number of nitrogens with zero attached hydrogens (tertiary/aromatic N) is 1. The fourth-order valence-corrected chi connectivity index (χ4v) is 2.24. The van der Waals surface area contributed by atoms with E-state index in [-0.39, 0.29) is 11.6 Å². The van der Waals surface area contributed by atoms with Gasteiger partial charge in [0, 0.05) is 6.20 Å². The van der Waals surface area contributed by atoms with Gasteiger partial charge in [0.05, 0.1) is 11.6 Å². The van der Waals surface area contributed by atoms with Crippen LogP contribution in [0.1, 0.15) is 24.1 Å². The molecule has 0 radical (unpaired) electrons. The second-order valence-corrected chi connectivity index (χ2v) is 5.82. The number of nitrogens with one attached hydrogen (secondary N) is 1. The van der Waals surface area contributed by atoms with E-state index in [0.717, 1.165) is 9.95 Å². The molecule has 0 saturated carbocycles. The number of aromatic nitrogens is 2. The van der Waals surface area contributed by atoms with Crippen molar-refractivity contribution < 1.29 is 0 Å². The van der Waals surface area contributed by atoms with E-state index in [2.05, 4.69) is 20.9 Å². The molecule has 0 spiro atoms. The molecular weight excluding hydrogens is 319 g/mol. The van der Waals surface area contributed by atoms with Gasteiger partial charge in [0.2, 0.25) is 0 Å². The van der Waals surface area contributed by atoms with Crippen molar-refractivity contribution in [2.24, 2.45) is 0 Å². The molecule has 2 rings (SSSR count). The maximum Gasteiger partial charge on any atom is 0.328 e. The molecule has 1 heterocycles. The summed E-state index contributed by atoms with van der Waals surface area (Å²) in [4.78, 5) is 26.1. The highest BCUT2D eigenvalue weighted by molar-refractivity contribution is 9.12. The van der Waals surface area contributed by atoms with Crippen molar-refractivity contribution in [3.8, 4) is 0 Å². The molecule has 0 amide bonds. The maximum absolute atomic E-state index is 12.0. The Morgan fingerprint density at radius 3 is 2.60 bits per heavy atom. The Balaban J connectivity index is 2.55. The third-order valence-corrected chi connectivity index (χ3v) is 3.28. The van der Waals surface area contributed by atoms with E-state index in [9.17, 15) is 9.59 Å². The van der Waals surface area contributed by atoms with Crippen LogP contribution >= 0.6 is 15.9 Å². The molecule has 1 atom stereocenters. The van der Waals surface area contributed by atoms with Crippen LogP contribution in [0.3, 0.4) is 0 Å². The molecule has 1 unspecified atom stereocenters. The van der Waals surface area contributed by atoms with Crippen LogP contribution in [0.4, 0.5) is 0 Å². The average molecular weight is 333 g/mol. The van der Waals surface area contributed by atoms with Crippen LogP contribution in [0.5, 0.6) is 0 Å². The molecule has 20 heavy (non-hydrogen) atoms. The molecule has 0 saturated heterocycles. The van der Waals surface area contributed by atoms with Crippen LogP contribution in [0, 0.1) is 0 Å². The second kappa shape index (κ2) is 6.09. The van der Waals surface area contributed by atoms with Crippen molar-refractivity contribution >= 4 is 29.9 Å². The number of H-pyrrole nitrogens is 1. The fraction of sp³-hybridized carbons (Fsp3) is 0.143. The van der Waals surface area contributed by atoms with Gasteiger partial charge in [-0.15, -0.1) is 0 Å². The molecule has 102 valence electrons. The van der Waals surface area contributed by atoms with Crippen molar-refractivity contribution in [1.29, 1.82) is 0 Å². The highest BCUT2D eigenvalue weighted by atomic mass is 79.9. The zero-order valence-corrected chi connectivity index (χ0v) is 12.8. The molecule has 0 aliphatic carbocycles. The zero-order valence-electron chi connectivity index (χ0n) is 11.3. The van der Waals surface area contributed by atoms with Crippen LogP contribution in [0.15, 0.2) is 50.5 Å². The Kier molecular flexibility index (Phi) is 4.44. The standard InChI is InChI=1S/C14H14BBrN2O2/c1-9(10-5-3-2-4-6-10)18-8-11(7-12(15)16)13(19)17-14(18)20/h2-9H,15H2,1H3,(H,17,19,20)/b12-7-. The van der Waals surface area contributed by atoms with Gasteiger partial charge in [-0.3, -0.25) is 14.3 Å². The Hall–Kier alpha value is -1.82. The highest BCUT2D eigenvalue weighted by Gasteiger charge is 2.11. The summed E-state index contributed by atoms with van der Waals surface area (Å²) < 4.78 is 2.35. The van der Waals surface area contributed by atoms with Crippen molar-refractivity contribution in [2.45, 2.75) is 13.0 Å². The monoisotopic (exact) mass is 332 g/mol. The molecule has 0 aliphatic rings. The van der Waals surface area contributed by atoms with Gasteiger partial charge in [-0.05, 0) is 22.9 Å². The second-order valence-electron chi connectivity index (χ2n) is 4.57. The number of rotatable bonds is 3. The van der Waals surface area contributed by atoms with Gasteiger partial charge in [0.25, 0.3) is 5.56 Å². The smallest absolute Gasteiger partial charge is 0.293 e. The van der Waals surface area contributed by atoms with Crippen LogP contribution in [0.25, 0.3) is 6.08 Å². The number of aromatic amines is 1. The first-order valence-electron chi connectivity index (χ1n) is 6.23. The normalized spacial score (nSPS) is 13.2. The van der Waals surface area contributed by atoms with E-state index in [1.54, 1.807) is 12.3 Å². The molecule has 0 bridgehead atoms. The summed E-state index contributed by atoms with van der Waals surface area (Å²) in [6.07, 6.45) is 3.27. The highest BCUT2D eigenvalue weighted by Crippen LogP contribution is 2.15. The van der Waals surface area contributed by atoms with E-state index in [1.807, 2.05) is 45.1 Å². The largest absolute Gasteiger partial charge is 0.328 e. The number of hydrogen-bond donors (Lipinski definition) is 1. The third-order valence-electron chi connectivity index (χ3n) is 3.05. The summed E-state index contributed by atoms with van der Waals surface area (Å²) in [6.45, 7) is 1.92. The maximum atomic E-state index is 12.0. The average Bonchev–Trinajstić information content (AvgIpc) is 2.41. The Bertz CT molecular complexity index is 746. The summed E-state index contributed by atoms with van der Waals surface area (Å²) in [7, 11) is 1.83. The molecule has 1 aromatic heterocycles. The lowest BCUT2D eigenvalue weighted by atomic mass is 10.1. The lowest BCUT2D eigenvalue weighted by Crippen LogP contribution is -2.32. The van der Waals surface area contributed by atoms with Gasteiger partial charge in [-0.2, -0.15) is 0 Å². The molecule has 0 fully saturated rings. The minimum absolute atomic E-state index is 0.150. The topological polar surface area (TPSA) is 54.9 Å². The minimum Gasteiger partial charge on any atom is -0.293 e. The SMILES string of the molecule is B/C(Br)=C/c1cn(C(C)c2ccccc2)c(=O)[nH]c1=O. The third kappa shape index (κ3) is 3.19. The van der Waals surface area contributed by atoms with Crippen LogP contribution in [0.2, 0.25) is 0 Å². The van der Waals surface area contributed by atoms with E-state index >= 15 is 0 Å². The van der Waals surface area contributed by atoms with Gasteiger partial charge in [-0.1, -0.05) is 46.3 Å². The summed E-state index contributed by atoms with van der Waals surface area (Å²) >= 11 is 3.29. The summed E-state index contributed by atoms with van der Waals surface area (Å²) in [5.41, 5.74) is 0.662. The molecule has 4 nitrogen and oxygen atoms in total. The van der Waals surface area contributed by atoms with Gasteiger partial charge in [-0.25, -0.2) is 4.79 Å². The van der Waals surface area contributed by atoms with Crippen LogP contribution in [-0.4, -0.2) is 17.4 Å². The molecule has 2 aromatic rings. The number of halogens is 1. The first-order chi connectivity index (χ1) is 9.49. The molecule has 1 aromatic carbocycles. The lowest BCUT2D eigenvalue weighted by Gasteiger charge is -2.15. The quantitative estimate of drug-likeness (QED) is 0.865. The molecular formula is C14H14BBrN2O2. The van der Waals surface area contributed by atoms with Gasteiger partial charge >= 0.3 is 5.69 Å². The fourth-order valence-electron chi connectivity index (χ4n) is 2.00. The van der Waals surface area contributed by atoms with Crippen molar-refractivity contribution in [2.75, 3.05) is 0 Å². The summed E-state index contributed by atoms with van der Waals surface area (Å²) in [5, 5.41) is 0. The summed E-state index contributed by atoms with van der Waals surface area (Å²) in [5.74, 6) is 0. The minimum atomic E-state index is -0.407. The van der Waals surface area contributed by atoms with E-state index in [0.29, 0.717) is 5.56 Å². The van der Waals surface area contributed by atoms with Crippen molar-refractivity contribution in [3.63, 3.8) is 0 Å². The van der Waals surface area contributed by atoms with Crippen LogP contribution < -0.4 is 11.2 Å². The summed E-state index contributed by atoms with van der Waals surface area (Å²) in [6, 6.07) is 9.52. The van der Waals surface area contributed by atoms with Gasteiger partial charge in [0.1, 0.15) is 7.85 Å². The zero-order chi connectivity index (χ0) is 14.7. The number of benzene rings is 1. The predicted octanol–water partition coefficient (Wildman–Crippen LogP) is 1.47. The van der Waals surface area contributed by atoms with Crippen molar-refractivity contribution in [1.82, 2.24) is 9.55 Å². The first-order valence-corrected chi connectivity index (χ1v) is 7.02. The Morgan fingerprint density at radius 2 is 2.00 bits per heavy atom. The van der Waals surface area contributed by atoms with Crippen LogP contribution in [-0.2, 0) is 0 Å². The predicted molar refractivity (Wildman–Crippen MR) is 87.0 cm³/mol.